The van der Waals surface area contributed by atoms with Gasteiger partial charge in [-0.2, -0.15) is 10.5 Å². The number of nitriles is 2. The first-order valence-corrected chi connectivity index (χ1v) is 17.7. The summed E-state index contributed by atoms with van der Waals surface area (Å²) in [5.41, 5.74) is 23.9. The van der Waals surface area contributed by atoms with E-state index in [1.54, 1.807) is 0 Å². The zero-order valence-electron chi connectivity index (χ0n) is 31.5. The van der Waals surface area contributed by atoms with Crippen LogP contribution in [0.2, 0.25) is 0 Å². The van der Waals surface area contributed by atoms with Crippen molar-refractivity contribution in [1.29, 1.82) is 10.5 Å². The molecule has 0 spiro atoms. The van der Waals surface area contributed by atoms with Crippen molar-refractivity contribution < 1.29 is 19.1 Å². The fourth-order valence-electron chi connectivity index (χ4n) is 9.24. The number of carbonyl (C=O) groups excluding carboxylic acids is 2. The summed E-state index contributed by atoms with van der Waals surface area (Å²) in [5.74, 6) is -0.0824. The molecule has 264 valence electrons. The highest BCUT2D eigenvalue weighted by molar-refractivity contribution is 6.01. The average molecular weight is 685 g/mol. The zero-order chi connectivity index (χ0) is 37.5. The Morgan fingerprint density at radius 1 is 0.647 bits per heavy atom. The third kappa shape index (κ3) is 5.85. The smallest absolute Gasteiger partial charge is 0.205 e. The van der Waals surface area contributed by atoms with Gasteiger partial charge in [-0.25, -0.2) is 0 Å². The Bertz CT molecular complexity index is 2020. The van der Waals surface area contributed by atoms with Crippen molar-refractivity contribution in [2.24, 2.45) is 22.3 Å². The maximum Gasteiger partial charge on any atom is 0.205 e. The van der Waals surface area contributed by atoms with Crippen LogP contribution in [0.5, 0.6) is 0 Å². The summed E-state index contributed by atoms with van der Waals surface area (Å²) in [5, 5.41) is 20.8. The standard InChI is InChI=1S/C43H48N4O4/c1-20-11-22(3)34(36-28(18-44)40(46)50-32-16-42(7,8)14-30(48)38(32)36)24(5)26(20)13-27-21(2)12-23(4)35(25(27)6)37-29(19-45)41(47)51-33-17-43(9,10)15-31(49)39(33)37/h11-12,36-37H,13-17,46-47H2,1-10H3. The van der Waals surface area contributed by atoms with E-state index in [-0.39, 0.29) is 45.3 Å². The number of allylic oxidation sites excluding steroid dienone is 6. The molecule has 0 saturated carbocycles. The SMILES string of the molecule is Cc1cc(C)c(C2C(C#N)=C(N)OC3=C2C(=O)CC(C)(C)C3)c(C)c1Cc1c(C)cc(C)c(C2C(C#N)=C(N)OC3=C2C(=O)CC(C)(C)C3)c1C. The predicted octanol–water partition coefficient (Wildman–Crippen LogP) is 8.03. The summed E-state index contributed by atoms with van der Waals surface area (Å²) in [6.07, 6.45) is 2.39. The number of benzene rings is 2. The van der Waals surface area contributed by atoms with Crippen LogP contribution < -0.4 is 11.5 Å². The van der Waals surface area contributed by atoms with Gasteiger partial charge in [0.1, 0.15) is 34.8 Å². The minimum Gasteiger partial charge on any atom is -0.444 e. The van der Waals surface area contributed by atoms with Crippen molar-refractivity contribution in [1.82, 2.24) is 0 Å². The van der Waals surface area contributed by atoms with Gasteiger partial charge in [-0.05, 0) is 114 Å². The number of rotatable bonds is 4. The van der Waals surface area contributed by atoms with E-state index in [4.69, 9.17) is 20.9 Å². The number of hydrogen-bond donors (Lipinski definition) is 2. The van der Waals surface area contributed by atoms with Crippen LogP contribution in [0.25, 0.3) is 0 Å². The molecule has 2 aromatic carbocycles. The second-order valence-corrected chi connectivity index (χ2v) is 16.6. The summed E-state index contributed by atoms with van der Waals surface area (Å²) < 4.78 is 12.0. The molecule has 2 heterocycles. The topological polar surface area (TPSA) is 152 Å². The molecular weight excluding hydrogens is 636 g/mol. The zero-order valence-corrected chi connectivity index (χ0v) is 31.5. The minimum atomic E-state index is -0.627. The van der Waals surface area contributed by atoms with E-state index in [9.17, 15) is 20.1 Å². The lowest BCUT2D eigenvalue weighted by Gasteiger charge is -2.38. The van der Waals surface area contributed by atoms with Crippen molar-refractivity contribution >= 4 is 11.6 Å². The molecule has 2 atom stereocenters. The first-order chi connectivity index (χ1) is 23.8. The van der Waals surface area contributed by atoms with Crippen LogP contribution >= 0.6 is 0 Å². The molecule has 2 aliphatic carbocycles. The van der Waals surface area contributed by atoms with E-state index in [2.05, 4.69) is 52.0 Å². The number of ketones is 2. The van der Waals surface area contributed by atoms with Crippen molar-refractivity contribution in [3.63, 3.8) is 0 Å². The van der Waals surface area contributed by atoms with Gasteiger partial charge in [0.15, 0.2) is 11.6 Å². The molecule has 51 heavy (non-hydrogen) atoms. The lowest BCUT2D eigenvalue weighted by molar-refractivity contribution is -0.119. The molecule has 0 amide bonds. The summed E-state index contributed by atoms with van der Waals surface area (Å²) in [6, 6.07) is 8.84. The minimum absolute atomic E-state index is 0.0197. The second-order valence-electron chi connectivity index (χ2n) is 16.6. The highest BCUT2D eigenvalue weighted by atomic mass is 16.5. The van der Waals surface area contributed by atoms with E-state index in [1.807, 2.05) is 41.5 Å². The number of ether oxygens (including phenoxy) is 2. The van der Waals surface area contributed by atoms with Crippen LogP contribution in [0.4, 0.5) is 0 Å². The first kappa shape index (κ1) is 35.7. The van der Waals surface area contributed by atoms with Crippen LogP contribution in [0, 0.1) is 75.0 Å². The fraction of sp³-hybridized carbons (Fsp3) is 0.442. The molecule has 8 heteroatoms. The molecule has 0 saturated heterocycles. The molecule has 2 unspecified atom stereocenters. The number of hydrogen-bond acceptors (Lipinski definition) is 8. The van der Waals surface area contributed by atoms with Gasteiger partial charge >= 0.3 is 0 Å². The van der Waals surface area contributed by atoms with Crippen molar-refractivity contribution in [2.75, 3.05) is 0 Å². The van der Waals surface area contributed by atoms with Crippen LogP contribution in [0.15, 0.2) is 57.7 Å². The van der Waals surface area contributed by atoms with Gasteiger partial charge in [-0.15, -0.1) is 0 Å². The van der Waals surface area contributed by atoms with E-state index >= 15 is 0 Å². The van der Waals surface area contributed by atoms with Crippen LogP contribution in [0.1, 0.15) is 121 Å². The molecule has 0 radical (unpaired) electrons. The third-order valence-electron chi connectivity index (χ3n) is 11.5. The highest BCUT2D eigenvalue weighted by Gasteiger charge is 2.46. The molecule has 4 N–H and O–H groups in total. The first-order valence-electron chi connectivity index (χ1n) is 17.7. The third-order valence-corrected chi connectivity index (χ3v) is 11.5. The molecule has 0 aromatic heterocycles. The van der Waals surface area contributed by atoms with E-state index < -0.39 is 11.8 Å². The summed E-state index contributed by atoms with van der Waals surface area (Å²) in [7, 11) is 0. The van der Waals surface area contributed by atoms with Crippen LogP contribution in [-0.2, 0) is 25.5 Å². The van der Waals surface area contributed by atoms with Gasteiger partial charge in [0.25, 0.3) is 0 Å². The van der Waals surface area contributed by atoms with Crippen LogP contribution in [-0.4, -0.2) is 11.6 Å². The van der Waals surface area contributed by atoms with Gasteiger partial charge in [0.2, 0.25) is 11.8 Å². The Labute approximate surface area is 301 Å². The number of nitrogens with two attached hydrogens (primary N) is 2. The van der Waals surface area contributed by atoms with E-state index in [0.717, 1.165) is 55.6 Å². The van der Waals surface area contributed by atoms with Gasteiger partial charge in [0.05, 0.1) is 11.8 Å². The highest BCUT2D eigenvalue weighted by Crippen LogP contribution is 2.52. The molecule has 8 nitrogen and oxygen atoms in total. The quantitative estimate of drug-likeness (QED) is 0.328. The number of carbonyl (C=O) groups is 2. The molecule has 0 bridgehead atoms. The van der Waals surface area contributed by atoms with Gasteiger partial charge in [-0.3, -0.25) is 9.59 Å². The Hall–Kier alpha value is -5.08. The van der Waals surface area contributed by atoms with Crippen LogP contribution in [0.3, 0.4) is 0 Å². The normalized spacial score (nSPS) is 22.6. The predicted molar refractivity (Wildman–Crippen MR) is 196 cm³/mol. The number of aryl methyl sites for hydroxylation is 4. The molecule has 4 aliphatic rings. The fourth-order valence-corrected chi connectivity index (χ4v) is 9.24. The number of nitrogens with zero attached hydrogens (tertiary/aromatic N) is 2. The Morgan fingerprint density at radius 2 is 1.00 bits per heavy atom. The molecule has 2 aromatic rings. The average Bonchev–Trinajstić information content (AvgIpc) is 2.98. The van der Waals surface area contributed by atoms with Crippen molar-refractivity contribution in [2.45, 2.75) is 113 Å². The Morgan fingerprint density at radius 3 is 1.33 bits per heavy atom. The monoisotopic (exact) mass is 684 g/mol. The molecule has 0 fully saturated rings. The maximum atomic E-state index is 13.8. The maximum absolute atomic E-state index is 13.8. The van der Waals surface area contributed by atoms with Crippen molar-refractivity contribution in [3.8, 4) is 12.1 Å². The van der Waals surface area contributed by atoms with Crippen molar-refractivity contribution in [3.05, 3.63) is 113 Å². The van der Waals surface area contributed by atoms with E-state index in [0.29, 0.717) is 54.8 Å². The van der Waals surface area contributed by atoms with Gasteiger partial charge in [0, 0.05) is 36.8 Å². The van der Waals surface area contributed by atoms with E-state index in [1.165, 1.54) is 0 Å². The molecule has 6 rings (SSSR count). The Balaban J connectivity index is 1.53. The second kappa shape index (κ2) is 12.3. The summed E-state index contributed by atoms with van der Waals surface area (Å²) >= 11 is 0. The Kier molecular flexibility index (Phi) is 8.62. The van der Waals surface area contributed by atoms with Gasteiger partial charge in [-0.1, -0.05) is 39.8 Å². The molecule has 2 aliphatic heterocycles. The lowest BCUT2D eigenvalue weighted by atomic mass is 9.68. The summed E-state index contributed by atoms with van der Waals surface area (Å²) in [6.45, 7) is 20.5. The largest absolute Gasteiger partial charge is 0.444 e. The lowest BCUT2D eigenvalue weighted by Crippen LogP contribution is -2.34. The molecular formula is C43H48N4O4. The number of Topliss-reactive ketones (excluding diaryl/α,β-unsaturated/α-hetero) is 2. The van der Waals surface area contributed by atoms with Gasteiger partial charge < -0.3 is 20.9 Å². The summed E-state index contributed by atoms with van der Waals surface area (Å²) in [4.78, 5) is 27.6.